The first-order valence-corrected chi connectivity index (χ1v) is 8.45. The van der Waals surface area contributed by atoms with Gasteiger partial charge in [0.2, 0.25) is 11.8 Å². The van der Waals surface area contributed by atoms with Crippen LogP contribution in [0.2, 0.25) is 5.02 Å². The summed E-state index contributed by atoms with van der Waals surface area (Å²) in [6, 6.07) is 14.7. The van der Waals surface area contributed by atoms with Crippen LogP contribution >= 0.6 is 11.6 Å². The van der Waals surface area contributed by atoms with Crippen molar-refractivity contribution in [1.29, 1.82) is 0 Å². The molecule has 0 unspecified atom stereocenters. The largest absolute Gasteiger partial charge is 0.339 e. The van der Waals surface area contributed by atoms with Gasteiger partial charge in [-0.3, -0.25) is 9.59 Å². The van der Waals surface area contributed by atoms with Crippen molar-refractivity contribution in [3.8, 4) is 0 Å². The molecule has 2 aromatic carbocycles. The molecule has 0 saturated carbocycles. The fourth-order valence-electron chi connectivity index (χ4n) is 2.35. The van der Waals surface area contributed by atoms with Gasteiger partial charge in [-0.05, 0) is 42.3 Å². The van der Waals surface area contributed by atoms with E-state index in [-0.39, 0.29) is 11.8 Å². The Balaban J connectivity index is 2.07. The zero-order chi connectivity index (χ0) is 18.2. The number of nitrogens with one attached hydrogen (secondary N) is 1. The van der Waals surface area contributed by atoms with Crippen LogP contribution in [0.5, 0.6) is 0 Å². The summed E-state index contributed by atoms with van der Waals surface area (Å²) >= 11 is 5.84. The van der Waals surface area contributed by atoms with Crippen molar-refractivity contribution in [3.63, 3.8) is 0 Å². The minimum atomic E-state index is -0.228. The Labute approximate surface area is 153 Å². The molecule has 2 rings (SSSR count). The molecular weight excluding hydrogens is 336 g/mol. The molecule has 25 heavy (non-hydrogen) atoms. The van der Waals surface area contributed by atoms with Crippen LogP contribution in [0.4, 0.5) is 5.69 Å². The smallest absolute Gasteiger partial charge is 0.248 e. The number of anilines is 1. The maximum atomic E-state index is 12.2. The van der Waals surface area contributed by atoms with E-state index < -0.39 is 0 Å². The van der Waals surface area contributed by atoms with Gasteiger partial charge < -0.3 is 10.2 Å². The highest BCUT2D eigenvalue weighted by Crippen LogP contribution is 2.18. The van der Waals surface area contributed by atoms with E-state index in [1.807, 2.05) is 43.3 Å². The summed E-state index contributed by atoms with van der Waals surface area (Å²) in [4.78, 5) is 25.5. The standard InChI is InChI=1S/C20H21ClN2O2/c1-3-23(15(2)24)14-17-6-4-5-7-19(17)22-20(25)13-10-16-8-11-18(21)12-9-16/h4-13H,3,14H2,1-2H3,(H,22,25)/b13-10+. The van der Waals surface area contributed by atoms with Gasteiger partial charge in [-0.1, -0.05) is 41.9 Å². The predicted molar refractivity (Wildman–Crippen MR) is 102 cm³/mol. The molecule has 2 amide bonds. The molecule has 0 spiro atoms. The number of nitrogens with zero attached hydrogens (tertiary/aromatic N) is 1. The van der Waals surface area contributed by atoms with Crippen LogP contribution in [0.25, 0.3) is 6.08 Å². The first-order valence-electron chi connectivity index (χ1n) is 8.07. The van der Waals surface area contributed by atoms with Crippen molar-refractivity contribution < 1.29 is 9.59 Å². The molecule has 0 heterocycles. The average molecular weight is 357 g/mol. The molecule has 0 atom stereocenters. The number of carbonyl (C=O) groups excluding carboxylic acids is 2. The Bertz CT molecular complexity index is 770. The van der Waals surface area contributed by atoms with Crippen molar-refractivity contribution in [2.24, 2.45) is 0 Å². The summed E-state index contributed by atoms with van der Waals surface area (Å²) in [7, 11) is 0. The molecule has 0 aliphatic rings. The molecule has 5 heteroatoms. The lowest BCUT2D eigenvalue weighted by Crippen LogP contribution is -2.28. The van der Waals surface area contributed by atoms with E-state index in [1.54, 1.807) is 30.0 Å². The van der Waals surface area contributed by atoms with Gasteiger partial charge in [0.05, 0.1) is 0 Å². The second-order valence-corrected chi connectivity index (χ2v) is 6.00. The lowest BCUT2D eigenvalue weighted by molar-refractivity contribution is -0.129. The predicted octanol–water partition coefficient (Wildman–Crippen LogP) is 4.36. The van der Waals surface area contributed by atoms with Crippen molar-refractivity contribution in [2.75, 3.05) is 11.9 Å². The third-order valence-corrected chi connectivity index (χ3v) is 4.01. The highest BCUT2D eigenvalue weighted by molar-refractivity contribution is 6.30. The van der Waals surface area contributed by atoms with E-state index in [2.05, 4.69) is 5.32 Å². The SMILES string of the molecule is CCN(Cc1ccccc1NC(=O)/C=C/c1ccc(Cl)cc1)C(C)=O. The number of carbonyl (C=O) groups is 2. The first kappa shape index (κ1) is 18.7. The molecule has 0 fully saturated rings. The topological polar surface area (TPSA) is 49.4 Å². The second kappa shape index (κ2) is 9.04. The molecule has 0 aromatic heterocycles. The fourth-order valence-corrected chi connectivity index (χ4v) is 2.48. The second-order valence-electron chi connectivity index (χ2n) is 5.56. The van der Waals surface area contributed by atoms with Gasteiger partial charge in [-0.25, -0.2) is 0 Å². The molecule has 0 saturated heterocycles. The normalized spacial score (nSPS) is 10.7. The summed E-state index contributed by atoms with van der Waals surface area (Å²) in [6.45, 7) is 4.55. The number of amides is 2. The average Bonchev–Trinajstić information content (AvgIpc) is 2.60. The van der Waals surface area contributed by atoms with E-state index >= 15 is 0 Å². The molecule has 0 aliphatic heterocycles. The first-order chi connectivity index (χ1) is 12.0. The number of hydrogen-bond donors (Lipinski definition) is 1. The summed E-state index contributed by atoms with van der Waals surface area (Å²) in [5.41, 5.74) is 2.49. The quantitative estimate of drug-likeness (QED) is 0.782. The van der Waals surface area contributed by atoms with Gasteiger partial charge in [0.1, 0.15) is 0 Å². The molecule has 0 aliphatic carbocycles. The highest BCUT2D eigenvalue weighted by atomic mass is 35.5. The molecule has 1 N–H and O–H groups in total. The molecule has 0 bridgehead atoms. The van der Waals surface area contributed by atoms with E-state index in [4.69, 9.17) is 11.6 Å². The van der Waals surface area contributed by atoms with Crippen molar-refractivity contribution in [3.05, 3.63) is 70.8 Å². The van der Waals surface area contributed by atoms with Crippen LogP contribution in [0.15, 0.2) is 54.6 Å². The molecule has 4 nitrogen and oxygen atoms in total. The highest BCUT2D eigenvalue weighted by Gasteiger charge is 2.10. The van der Waals surface area contributed by atoms with Gasteiger partial charge in [-0.15, -0.1) is 0 Å². The minimum Gasteiger partial charge on any atom is -0.339 e. The molecule has 130 valence electrons. The molecule has 0 radical (unpaired) electrons. The van der Waals surface area contributed by atoms with Gasteiger partial charge in [0, 0.05) is 36.8 Å². The zero-order valence-corrected chi connectivity index (χ0v) is 15.1. The molecular formula is C20H21ClN2O2. The Hall–Kier alpha value is -2.59. The number of halogens is 1. The Morgan fingerprint density at radius 1 is 1.12 bits per heavy atom. The number of rotatable bonds is 6. The summed E-state index contributed by atoms with van der Waals surface area (Å²) < 4.78 is 0. The zero-order valence-electron chi connectivity index (χ0n) is 14.3. The summed E-state index contributed by atoms with van der Waals surface area (Å²) in [5.74, 6) is -0.223. The Kier molecular flexibility index (Phi) is 6.78. The maximum absolute atomic E-state index is 12.2. The van der Waals surface area contributed by atoms with Crippen LogP contribution < -0.4 is 5.32 Å². The van der Waals surface area contributed by atoms with E-state index in [0.29, 0.717) is 23.8 Å². The number of para-hydroxylation sites is 1. The van der Waals surface area contributed by atoms with Gasteiger partial charge in [0.15, 0.2) is 0 Å². The molecule has 2 aromatic rings. The van der Waals surface area contributed by atoms with Crippen molar-refractivity contribution in [2.45, 2.75) is 20.4 Å². The summed E-state index contributed by atoms with van der Waals surface area (Å²) in [6.07, 6.45) is 3.20. The maximum Gasteiger partial charge on any atom is 0.248 e. The van der Waals surface area contributed by atoms with Crippen LogP contribution in [0.3, 0.4) is 0 Å². The fraction of sp³-hybridized carbons (Fsp3) is 0.200. The third kappa shape index (κ3) is 5.76. The van der Waals surface area contributed by atoms with E-state index in [0.717, 1.165) is 11.1 Å². The minimum absolute atomic E-state index is 0.00580. The number of benzene rings is 2. The van der Waals surface area contributed by atoms with Crippen LogP contribution in [-0.2, 0) is 16.1 Å². The number of hydrogen-bond acceptors (Lipinski definition) is 2. The van der Waals surface area contributed by atoms with Gasteiger partial charge >= 0.3 is 0 Å². The van der Waals surface area contributed by atoms with E-state index in [9.17, 15) is 9.59 Å². The van der Waals surface area contributed by atoms with E-state index in [1.165, 1.54) is 6.08 Å². The van der Waals surface area contributed by atoms with Gasteiger partial charge in [-0.2, -0.15) is 0 Å². The lowest BCUT2D eigenvalue weighted by Gasteiger charge is -2.20. The van der Waals surface area contributed by atoms with Crippen LogP contribution in [0.1, 0.15) is 25.0 Å². The Morgan fingerprint density at radius 2 is 1.80 bits per heavy atom. The van der Waals surface area contributed by atoms with Gasteiger partial charge in [0.25, 0.3) is 0 Å². The van der Waals surface area contributed by atoms with Crippen molar-refractivity contribution in [1.82, 2.24) is 4.90 Å². The van der Waals surface area contributed by atoms with Crippen LogP contribution in [-0.4, -0.2) is 23.3 Å². The Morgan fingerprint density at radius 3 is 2.44 bits per heavy atom. The monoisotopic (exact) mass is 356 g/mol. The van der Waals surface area contributed by atoms with Crippen LogP contribution in [0, 0.1) is 0 Å². The lowest BCUT2D eigenvalue weighted by atomic mass is 10.1. The summed E-state index contributed by atoms with van der Waals surface area (Å²) in [5, 5.41) is 3.52. The third-order valence-electron chi connectivity index (χ3n) is 3.76. The van der Waals surface area contributed by atoms with Crippen molar-refractivity contribution >= 4 is 35.2 Å².